The number of aromatic nitrogens is 3. The monoisotopic (exact) mass is 375 g/mol. The van der Waals surface area contributed by atoms with Gasteiger partial charge < -0.3 is 4.74 Å². The first-order valence-corrected chi connectivity index (χ1v) is 7.45. The van der Waals surface area contributed by atoms with Crippen LogP contribution in [-0.4, -0.2) is 27.8 Å². The number of methoxy groups -OCH3 is 1. The molecule has 23 heavy (non-hydrogen) atoms. The van der Waals surface area contributed by atoms with E-state index in [1.54, 1.807) is 36.4 Å². The van der Waals surface area contributed by atoms with Crippen molar-refractivity contribution in [2.45, 2.75) is 0 Å². The van der Waals surface area contributed by atoms with Crippen molar-refractivity contribution in [1.82, 2.24) is 14.8 Å². The second-order valence-electron chi connectivity index (χ2n) is 4.63. The second kappa shape index (κ2) is 6.29. The number of benzene rings is 2. The summed E-state index contributed by atoms with van der Waals surface area (Å²) in [5, 5.41) is 4.00. The fourth-order valence-corrected chi connectivity index (χ4v) is 2.48. The SMILES string of the molecule is COc1nc(-c2ccccc2F)n(C(=O)c2cccc(Br)c2)n1. The number of carbonyl (C=O) groups is 1. The molecular weight excluding hydrogens is 365 g/mol. The number of ether oxygens (including phenoxy) is 1. The zero-order valence-corrected chi connectivity index (χ0v) is 13.6. The molecule has 0 aliphatic heterocycles. The van der Waals surface area contributed by atoms with Gasteiger partial charge in [0.05, 0.1) is 12.7 Å². The van der Waals surface area contributed by atoms with Crippen LogP contribution in [0.25, 0.3) is 11.4 Å². The van der Waals surface area contributed by atoms with Gasteiger partial charge in [0.25, 0.3) is 5.91 Å². The minimum absolute atomic E-state index is 0.00778. The quantitative estimate of drug-likeness (QED) is 0.702. The molecular formula is C16H11BrFN3O2. The molecule has 0 aliphatic rings. The summed E-state index contributed by atoms with van der Waals surface area (Å²) in [6.07, 6.45) is 0. The van der Waals surface area contributed by atoms with Gasteiger partial charge in [-0.2, -0.15) is 9.67 Å². The average molecular weight is 376 g/mol. The lowest BCUT2D eigenvalue weighted by molar-refractivity contribution is 0.0945. The molecule has 0 N–H and O–H groups in total. The molecule has 0 aliphatic carbocycles. The zero-order valence-electron chi connectivity index (χ0n) is 12.0. The third-order valence-electron chi connectivity index (χ3n) is 3.15. The van der Waals surface area contributed by atoms with E-state index in [-0.39, 0.29) is 17.4 Å². The van der Waals surface area contributed by atoms with Crippen LogP contribution in [0, 0.1) is 5.82 Å². The minimum Gasteiger partial charge on any atom is -0.466 e. The fraction of sp³-hybridized carbons (Fsp3) is 0.0625. The molecule has 1 heterocycles. The van der Waals surface area contributed by atoms with Crippen molar-refractivity contribution in [3.63, 3.8) is 0 Å². The molecule has 0 spiro atoms. The zero-order chi connectivity index (χ0) is 16.4. The first-order valence-electron chi connectivity index (χ1n) is 6.66. The predicted molar refractivity (Wildman–Crippen MR) is 85.8 cm³/mol. The van der Waals surface area contributed by atoms with Crippen LogP contribution >= 0.6 is 15.9 Å². The van der Waals surface area contributed by atoms with Crippen LogP contribution in [-0.2, 0) is 0 Å². The molecule has 0 saturated carbocycles. The Morgan fingerprint density at radius 3 is 2.70 bits per heavy atom. The molecule has 0 atom stereocenters. The number of hydrogen-bond acceptors (Lipinski definition) is 4. The molecule has 3 rings (SSSR count). The highest BCUT2D eigenvalue weighted by Gasteiger charge is 2.21. The van der Waals surface area contributed by atoms with Crippen LogP contribution in [0.3, 0.4) is 0 Å². The van der Waals surface area contributed by atoms with Crippen LogP contribution in [0.1, 0.15) is 10.4 Å². The highest BCUT2D eigenvalue weighted by molar-refractivity contribution is 9.10. The third kappa shape index (κ3) is 3.00. The lowest BCUT2D eigenvalue weighted by Crippen LogP contribution is -2.15. The van der Waals surface area contributed by atoms with Crippen molar-refractivity contribution >= 4 is 21.8 Å². The van der Waals surface area contributed by atoms with E-state index in [4.69, 9.17) is 4.74 Å². The van der Waals surface area contributed by atoms with Gasteiger partial charge >= 0.3 is 6.01 Å². The van der Waals surface area contributed by atoms with Gasteiger partial charge in [-0.1, -0.05) is 34.1 Å². The van der Waals surface area contributed by atoms with Gasteiger partial charge in [0, 0.05) is 10.0 Å². The smallest absolute Gasteiger partial charge is 0.336 e. The Bertz CT molecular complexity index is 879. The number of halogens is 2. The highest BCUT2D eigenvalue weighted by Crippen LogP contribution is 2.24. The van der Waals surface area contributed by atoms with Crippen LogP contribution in [0.5, 0.6) is 6.01 Å². The Kier molecular flexibility index (Phi) is 4.20. The van der Waals surface area contributed by atoms with Gasteiger partial charge in [-0.05, 0) is 30.3 Å². The van der Waals surface area contributed by atoms with Crippen LogP contribution in [0.2, 0.25) is 0 Å². The Labute approximate surface area is 139 Å². The molecule has 2 aromatic carbocycles. The normalized spacial score (nSPS) is 10.6. The van der Waals surface area contributed by atoms with Crippen molar-refractivity contribution in [2.75, 3.05) is 7.11 Å². The van der Waals surface area contributed by atoms with Crippen LogP contribution in [0.4, 0.5) is 4.39 Å². The van der Waals surface area contributed by atoms with E-state index in [9.17, 15) is 9.18 Å². The standard InChI is InChI=1S/C16H11BrFN3O2/c1-23-16-19-14(12-7-2-3-8-13(12)18)21(20-16)15(22)10-5-4-6-11(17)9-10/h2-9H,1H3. The summed E-state index contributed by atoms with van der Waals surface area (Å²) in [7, 11) is 1.38. The van der Waals surface area contributed by atoms with Gasteiger partial charge in [0.2, 0.25) is 0 Å². The van der Waals surface area contributed by atoms with Gasteiger partial charge in [-0.15, -0.1) is 5.10 Å². The molecule has 0 fully saturated rings. The summed E-state index contributed by atoms with van der Waals surface area (Å²) < 4.78 is 20.8. The maximum Gasteiger partial charge on any atom is 0.336 e. The summed E-state index contributed by atoms with van der Waals surface area (Å²) in [6.45, 7) is 0. The van der Waals surface area contributed by atoms with E-state index in [1.807, 2.05) is 0 Å². The van der Waals surface area contributed by atoms with Crippen molar-refractivity contribution in [3.05, 3.63) is 64.4 Å². The van der Waals surface area contributed by atoms with Crippen molar-refractivity contribution in [2.24, 2.45) is 0 Å². The summed E-state index contributed by atoms with van der Waals surface area (Å²) >= 11 is 3.31. The maximum atomic E-state index is 14.1. The highest BCUT2D eigenvalue weighted by atomic mass is 79.9. The summed E-state index contributed by atoms with van der Waals surface area (Å²) in [5.41, 5.74) is 0.566. The Morgan fingerprint density at radius 2 is 2.00 bits per heavy atom. The van der Waals surface area contributed by atoms with E-state index in [0.717, 1.165) is 9.15 Å². The van der Waals surface area contributed by atoms with E-state index < -0.39 is 11.7 Å². The topological polar surface area (TPSA) is 57.0 Å². The Hall–Kier alpha value is -2.54. The fourth-order valence-electron chi connectivity index (χ4n) is 2.08. The molecule has 3 aromatic rings. The number of nitrogens with zero attached hydrogens (tertiary/aromatic N) is 3. The number of carbonyl (C=O) groups excluding carboxylic acids is 1. The predicted octanol–water partition coefficient (Wildman–Crippen LogP) is 3.54. The Morgan fingerprint density at radius 1 is 1.22 bits per heavy atom. The van der Waals surface area contributed by atoms with Crippen molar-refractivity contribution < 1.29 is 13.9 Å². The largest absolute Gasteiger partial charge is 0.466 e. The molecule has 0 radical (unpaired) electrons. The van der Waals surface area contributed by atoms with Crippen LogP contribution < -0.4 is 4.74 Å². The molecule has 7 heteroatoms. The summed E-state index contributed by atoms with van der Waals surface area (Å²) in [6, 6.07) is 12.9. The molecule has 116 valence electrons. The number of rotatable bonds is 3. The third-order valence-corrected chi connectivity index (χ3v) is 3.64. The minimum atomic E-state index is -0.495. The molecule has 1 aromatic heterocycles. The van der Waals surface area contributed by atoms with E-state index in [0.29, 0.717) is 5.56 Å². The van der Waals surface area contributed by atoms with Gasteiger partial charge in [0.15, 0.2) is 5.82 Å². The van der Waals surface area contributed by atoms with Crippen LogP contribution in [0.15, 0.2) is 53.0 Å². The maximum absolute atomic E-state index is 14.1. The van der Waals surface area contributed by atoms with Gasteiger partial charge in [-0.25, -0.2) is 4.39 Å². The first kappa shape index (κ1) is 15.4. The van der Waals surface area contributed by atoms with Gasteiger partial charge in [-0.3, -0.25) is 4.79 Å². The molecule has 0 unspecified atom stereocenters. The first-order chi connectivity index (χ1) is 11.1. The van der Waals surface area contributed by atoms with E-state index in [2.05, 4.69) is 26.0 Å². The lowest BCUT2D eigenvalue weighted by atomic mass is 10.2. The molecule has 0 amide bonds. The van der Waals surface area contributed by atoms with Crippen molar-refractivity contribution in [3.8, 4) is 17.4 Å². The van der Waals surface area contributed by atoms with Gasteiger partial charge in [0.1, 0.15) is 5.82 Å². The second-order valence-corrected chi connectivity index (χ2v) is 5.54. The van der Waals surface area contributed by atoms with E-state index >= 15 is 0 Å². The Balaban J connectivity index is 2.14. The number of hydrogen-bond donors (Lipinski definition) is 0. The lowest BCUT2D eigenvalue weighted by Gasteiger charge is -2.05. The average Bonchev–Trinajstić information content (AvgIpc) is 2.98. The van der Waals surface area contributed by atoms with E-state index in [1.165, 1.54) is 19.2 Å². The molecule has 0 bridgehead atoms. The molecule has 5 nitrogen and oxygen atoms in total. The van der Waals surface area contributed by atoms with Crippen molar-refractivity contribution in [1.29, 1.82) is 0 Å². The summed E-state index contributed by atoms with van der Waals surface area (Å²) in [4.78, 5) is 16.8. The molecule has 0 saturated heterocycles. The summed E-state index contributed by atoms with van der Waals surface area (Å²) in [5.74, 6) is -0.837.